The lowest BCUT2D eigenvalue weighted by Gasteiger charge is -2.32. The highest BCUT2D eigenvalue weighted by molar-refractivity contribution is 6.62. The molecule has 5 aromatic carbocycles. The molecule has 4 heteroatoms. The maximum absolute atomic E-state index is 6.42. The van der Waals surface area contributed by atoms with E-state index in [2.05, 4.69) is 131 Å². The van der Waals surface area contributed by atoms with Gasteiger partial charge in [0.1, 0.15) is 0 Å². The minimum Gasteiger partial charge on any atom is -0.399 e. The Morgan fingerprint density at radius 2 is 1.22 bits per heavy atom. The summed E-state index contributed by atoms with van der Waals surface area (Å²) >= 11 is 0. The fraction of sp³-hybridized carbons (Fsp3) is 0.243. The van der Waals surface area contributed by atoms with Gasteiger partial charge in [-0.2, -0.15) is 0 Å². The van der Waals surface area contributed by atoms with Crippen molar-refractivity contribution in [3.8, 4) is 11.1 Å². The van der Waals surface area contributed by atoms with Crippen LogP contribution in [-0.4, -0.2) is 22.7 Å². The van der Waals surface area contributed by atoms with E-state index in [1.54, 1.807) is 0 Å². The lowest BCUT2D eigenvalue weighted by atomic mass is 9.74. The molecule has 9 rings (SSSR count). The van der Waals surface area contributed by atoms with Gasteiger partial charge in [0.15, 0.2) is 0 Å². The first-order chi connectivity index (χ1) is 19.5. The van der Waals surface area contributed by atoms with Crippen molar-refractivity contribution in [1.82, 2.24) is 4.40 Å². The molecule has 0 N–H and O–H groups in total. The van der Waals surface area contributed by atoms with Gasteiger partial charge in [0, 0.05) is 27.0 Å². The Balaban J connectivity index is 1.26. The fourth-order valence-corrected chi connectivity index (χ4v) is 7.55. The van der Waals surface area contributed by atoms with Crippen LogP contribution in [0.5, 0.6) is 0 Å². The van der Waals surface area contributed by atoms with Crippen LogP contribution >= 0.6 is 0 Å². The van der Waals surface area contributed by atoms with Crippen molar-refractivity contribution in [2.45, 2.75) is 58.2 Å². The summed E-state index contributed by atoms with van der Waals surface area (Å²) in [6.07, 6.45) is 0. The predicted molar refractivity (Wildman–Crippen MR) is 172 cm³/mol. The average Bonchev–Trinajstić information content (AvgIpc) is 3.59. The molecule has 0 spiro atoms. The average molecular weight is 533 g/mol. The molecule has 7 aromatic rings. The van der Waals surface area contributed by atoms with Gasteiger partial charge in [0.25, 0.3) is 0 Å². The molecule has 2 aliphatic rings. The molecule has 0 amide bonds. The molecule has 2 aromatic heterocycles. The number of benzene rings is 5. The van der Waals surface area contributed by atoms with Crippen LogP contribution in [0, 0.1) is 0 Å². The molecule has 1 saturated heterocycles. The summed E-state index contributed by atoms with van der Waals surface area (Å²) in [7, 11) is -0.361. The van der Waals surface area contributed by atoms with E-state index in [4.69, 9.17) is 9.31 Å². The van der Waals surface area contributed by atoms with Gasteiger partial charge in [-0.05, 0) is 96.5 Å². The maximum atomic E-state index is 6.42. The highest BCUT2D eigenvalue weighted by Crippen LogP contribution is 2.50. The van der Waals surface area contributed by atoms with Crippen LogP contribution in [0.4, 0.5) is 0 Å². The fourth-order valence-electron chi connectivity index (χ4n) is 7.55. The number of para-hydroxylation sites is 2. The molecule has 3 nitrogen and oxygen atoms in total. The smallest absolute Gasteiger partial charge is 0.399 e. The van der Waals surface area contributed by atoms with Crippen LogP contribution in [0.2, 0.25) is 0 Å². The molecule has 1 aliphatic heterocycles. The quantitative estimate of drug-likeness (QED) is 0.197. The second kappa shape index (κ2) is 7.31. The van der Waals surface area contributed by atoms with Crippen molar-refractivity contribution < 1.29 is 9.31 Å². The minimum atomic E-state index is -0.361. The lowest BCUT2D eigenvalue weighted by Crippen LogP contribution is -2.41. The van der Waals surface area contributed by atoms with Crippen molar-refractivity contribution in [3.05, 3.63) is 96.1 Å². The van der Waals surface area contributed by atoms with Gasteiger partial charge in [-0.15, -0.1) is 0 Å². The number of hydrogen-bond acceptors (Lipinski definition) is 2. The van der Waals surface area contributed by atoms with Crippen molar-refractivity contribution in [2.75, 3.05) is 0 Å². The van der Waals surface area contributed by atoms with E-state index in [0.29, 0.717) is 0 Å². The van der Waals surface area contributed by atoms with Crippen LogP contribution < -0.4 is 5.46 Å². The molecule has 0 bridgehead atoms. The van der Waals surface area contributed by atoms with Crippen molar-refractivity contribution in [1.29, 1.82) is 0 Å². The molecule has 0 atom stereocenters. The summed E-state index contributed by atoms with van der Waals surface area (Å²) < 4.78 is 15.3. The number of nitrogens with zero attached hydrogens (tertiary/aromatic N) is 1. The monoisotopic (exact) mass is 533 g/mol. The number of hydrogen-bond donors (Lipinski definition) is 0. The van der Waals surface area contributed by atoms with E-state index in [1.165, 1.54) is 71.1 Å². The van der Waals surface area contributed by atoms with E-state index in [9.17, 15) is 0 Å². The Morgan fingerprint density at radius 3 is 2.00 bits per heavy atom. The third-order valence-corrected chi connectivity index (χ3v) is 10.5. The highest BCUT2D eigenvalue weighted by atomic mass is 16.7. The summed E-state index contributed by atoms with van der Waals surface area (Å²) in [6.45, 7) is 13.2. The summed E-state index contributed by atoms with van der Waals surface area (Å²) in [5, 5.41) is 7.86. The molecule has 200 valence electrons. The van der Waals surface area contributed by atoms with Crippen LogP contribution in [0.25, 0.3) is 60.0 Å². The first kappa shape index (κ1) is 23.8. The van der Waals surface area contributed by atoms with Crippen LogP contribution in [0.1, 0.15) is 52.7 Å². The normalized spacial score (nSPS) is 18.8. The summed E-state index contributed by atoms with van der Waals surface area (Å²) in [4.78, 5) is 0. The Morgan fingerprint density at radius 1 is 0.561 bits per heavy atom. The molecule has 1 aliphatic carbocycles. The maximum Gasteiger partial charge on any atom is 0.494 e. The summed E-state index contributed by atoms with van der Waals surface area (Å²) in [6, 6.07) is 32.0. The lowest BCUT2D eigenvalue weighted by molar-refractivity contribution is 0.00578. The van der Waals surface area contributed by atoms with Crippen molar-refractivity contribution in [3.63, 3.8) is 0 Å². The summed E-state index contributed by atoms with van der Waals surface area (Å²) in [5.41, 5.74) is 9.48. The molecule has 41 heavy (non-hydrogen) atoms. The third kappa shape index (κ3) is 2.87. The van der Waals surface area contributed by atoms with Gasteiger partial charge in [-0.3, -0.25) is 0 Å². The zero-order valence-corrected chi connectivity index (χ0v) is 24.4. The second-order valence-corrected chi connectivity index (χ2v) is 13.7. The topological polar surface area (TPSA) is 22.9 Å². The van der Waals surface area contributed by atoms with Crippen molar-refractivity contribution in [2.24, 2.45) is 0 Å². The summed E-state index contributed by atoms with van der Waals surface area (Å²) in [5.74, 6) is 0. The molecule has 0 radical (unpaired) electrons. The zero-order valence-electron chi connectivity index (χ0n) is 24.4. The van der Waals surface area contributed by atoms with Gasteiger partial charge >= 0.3 is 7.12 Å². The van der Waals surface area contributed by atoms with E-state index < -0.39 is 0 Å². The molecule has 1 fully saturated rings. The van der Waals surface area contributed by atoms with E-state index >= 15 is 0 Å². The Labute approximate surface area is 240 Å². The Kier molecular flexibility index (Phi) is 4.25. The van der Waals surface area contributed by atoms with E-state index in [0.717, 1.165) is 5.46 Å². The largest absolute Gasteiger partial charge is 0.494 e. The van der Waals surface area contributed by atoms with Gasteiger partial charge in [0.05, 0.1) is 27.8 Å². The number of fused-ring (bicyclic) bond motifs is 10. The van der Waals surface area contributed by atoms with Crippen LogP contribution in [0.3, 0.4) is 0 Å². The van der Waals surface area contributed by atoms with Crippen molar-refractivity contribution >= 4 is 61.4 Å². The van der Waals surface area contributed by atoms with E-state index in [1.807, 2.05) is 0 Å². The standard InChI is InChI=1S/C37H32BNO2/c1-35(2)30-18-21-17-29-27-12-9-11-26-25-10-7-8-13-32(25)39(34(26)27)33(29)19-22(21)16-28(30)24-15-14-23(20-31(24)35)38-40-36(3,4)37(5,6)41-38/h7-20H,1-6H3. The van der Waals surface area contributed by atoms with Crippen LogP contribution in [-0.2, 0) is 14.7 Å². The zero-order chi connectivity index (χ0) is 28.1. The van der Waals surface area contributed by atoms with Gasteiger partial charge < -0.3 is 13.7 Å². The van der Waals surface area contributed by atoms with Gasteiger partial charge in [0.2, 0.25) is 0 Å². The first-order valence-electron chi connectivity index (χ1n) is 14.7. The van der Waals surface area contributed by atoms with Gasteiger partial charge in [-0.1, -0.05) is 68.4 Å². The SMILES string of the molecule is CC1(C)c2cc(B3OC(C)(C)C(C)(C)O3)ccc2-c2cc3cc4c(cc3cc21)c1cccc2c3ccccc3n4c21. The molecule has 0 saturated carbocycles. The Hall–Kier alpha value is -3.86. The van der Waals surface area contributed by atoms with Crippen LogP contribution in [0.15, 0.2) is 84.9 Å². The molecular weight excluding hydrogens is 501 g/mol. The van der Waals surface area contributed by atoms with Gasteiger partial charge in [-0.25, -0.2) is 0 Å². The number of rotatable bonds is 1. The predicted octanol–water partition coefficient (Wildman–Crippen LogP) is 8.60. The number of aromatic nitrogens is 1. The second-order valence-electron chi connectivity index (χ2n) is 13.7. The van der Waals surface area contributed by atoms with E-state index in [-0.39, 0.29) is 23.7 Å². The first-order valence-corrected chi connectivity index (χ1v) is 14.7. The molecule has 3 heterocycles. The molecule has 0 unspecified atom stereocenters. The third-order valence-electron chi connectivity index (χ3n) is 10.5. The highest BCUT2D eigenvalue weighted by Gasteiger charge is 2.52. The molecular formula is C37H32BNO2. The minimum absolute atomic E-state index is 0.126. The Bertz CT molecular complexity index is 2240.